The number of aryl methyl sites for hydroxylation is 2. The van der Waals surface area contributed by atoms with Crippen molar-refractivity contribution in [3.05, 3.63) is 59.9 Å². The van der Waals surface area contributed by atoms with Crippen LogP contribution >= 0.6 is 0 Å². The van der Waals surface area contributed by atoms with E-state index in [-0.39, 0.29) is 0 Å². The zero-order chi connectivity index (χ0) is 18.6. The van der Waals surface area contributed by atoms with Crippen molar-refractivity contribution >= 4 is 5.52 Å². The van der Waals surface area contributed by atoms with Crippen molar-refractivity contribution in [1.29, 1.82) is 0 Å². The van der Waals surface area contributed by atoms with E-state index in [1.54, 1.807) is 0 Å². The van der Waals surface area contributed by atoms with Gasteiger partial charge in [0.2, 0.25) is 0 Å². The van der Waals surface area contributed by atoms with Crippen LogP contribution in [0.5, 0.6) is 5.75 Å². The highest BCUT2D eigenvalue weighted by Gasteiger charge is 2.12. The van der Waals surface area contributed by atoms with Gasteiger partial charge in [0.05, 0.1) is 6.61 Å². The second-order valence-electron chi connectivity index (χ2n) is 7.72. The van der Waals surface area contributed by atoms with Crippen molar-refractivity contribution in [2.45, 2.75) is 39.5 Å². The summed E-state index contributed by atoms with van der Waals surface area (Å²) in [7, 11) is 0. The lowest BCUT2D eigenvalue weighted by molar-refractivity contribution is 0.205. The molecule has 1 fully saturated rings. The van der Waals surface area contributed by atoms with Crippen molar-refractivity contribution < 1.29 is 4.74 Å². The van der Waals surface area contributed by atoms with E-state index in [1.807, 2.05) is 0 Å². The maximum Gasteiger partial charge on any atom is 0.119 e. The lowest BCUT2D eigenvalue weighted by Gasteiger charge is -2.26. The van der Waals surface area contributed by atoms with E-state index in [0.29, 0.717) is 0 Å². The molecule has 3 aromatic rings. The number of fused-ring (bicyclic) bond motifs is 1. The van der Waals surface area contributed by atoms with Crippen LogP contribution in [0.2, 0.25) is 0 Å². The third-order valence-electron chi connectivity index (χ3n) is 5.76. The highest BCUT2D eigenvalue weighted by atomic mass is 16.5. The van der Waals surface area contributed by atoms with Crippen LogP contribution in [0.15, 0.2) is 48.7 Å². The van der Waals surface area contributed by atoms with Gasteiger partial charge in [-0.05, 0) is 87.7 Å². The molecule has 1 aliphatic rings. The van der Waals surface area contributed by atoms with Crippen LogP contribution in [0.3, 0.4) is 0 Å². The summed E-state index contributed by atoms with van der Waals surface area (Å²) >= 11 is 0. The van der Waals surface area contributed by atoms with E-state index in [2.05, 4.69) is 71.8 Å². The normalized spacial score (nSPS) is 15.3. The smallest absolute Gasteiger partial charge is 0.119 e. The highest BCUT2D eigenvalue weighted by molar-refractivity contribution is 5.76. The molecule has 0 aliphatic carbocycles. The average molecular weight is 363 g/mol. The van der Waals surface area contributed by atoms with E-state index in [9.17, 15) is 0 Å². The zero-order valence-electron chi connectivity index (χ0n) is 16.6. The minimum atomic E-state index is 0.796. The standard InChI is InChI=1S/C24H30N2O/c1-19-17-22(27-16-8-14-25-12-5-3-6-13-25)10-11-23(19)24-18-21-9-4-7-15-26(21)20(24)2/h4,7,9-11,15,17-18H,3,5-6,8,12-14,16H2,1-2H3. The number of benzene rings is 1. The van der Waals surface area contributed by atoms with E-state index in [4.69, 9.17) is 4.74 Å². The third kappa shape index (κ3) is 4.03. The van der Waals surface area contributed by atoms with Crippen LogP contribution in [0.25, 0.3) is 16.6 Å². The van der Waals surface area contributed by atoms with Gasteiger partial charge in [0, 0.05) is 29.5 Å². The number of hydrogen-bond donors (Lipinski definition) is 0. The quantitative estimate of drug-likeness (QED) is 0.540. The second kappa shape index (κ2) is 8.18. The first kappa shape index (κ1) is 18.1. The Labute approximate surface area is 162 Å². The topological polar surface area (TPSA) is 16.9 Å². The minimum absolute atomic E-state index is 0.796. The Balaban J connectivity index is 1.40. The van der Waals surface area contributed by atoms with Gasteiger partial charge in [-0.2, -0.15) is 0 Å². The van der Waals surface area contributed by atoms with Gasteiger partial charge in [0.1, 0.15) is 5.75 Å². The molecule has 2 aromatic heterocycles. The second-order valence-corrected chi connectivity index (χ2v) is 7.72. The summed E-state index contributed by atoms with van der Waals surface area (Å²) < 4.78 is 8.28. The molecular formula is C24H30N2O. The summed E-state index contributed by atoms with van der Waals surface area (Å²) in [5, 5.41) is 0. The molecule has 142 valence electrons. The van der Waals surface area contributed by atoms with Gasteiger partial charge in [0.15, 0.2) is 0 Å². The summed E-state index contributed by atoms with van der Waals surface area (Å²) in [5.41, 5.74) is 6.38. The summed E-state index contributed by atoms with van der Waals surface area (Å²) in [6.07, 6.45) is 7.34. The first-order chi connectivity index (χ1) is 13.2. The maximum atomic E-state index is 6.03. The predicted molar refractivity (Wildman–Crippen MR) is 113 cm³/mol. The molecule has 1 saturated heterocycles. The Morgan fingerprint density at radius 1 is 0.926 bits per heavy atom. The van der Waals surface area contributed by atoms with Crippen molar-refractivity contribution in [2.24, 2.45) is 0 Å². The largest absolute Gasteiger partial charge is 0.494 e. The van der Waals surface area contributed by atoms with E-state index in [1.165, 1.54) is 60.3 Å². The zero-order valence-corrected chi connectivity index (χ0v) is 16.6. The molecule has 3 heterocycles. The number of hydrogen-bond acceptors (Lipinski definition) is 2. The molecule has 0 radical (unpaired) electrons. The number of rotatable bonds is 6. The van der Waals surface area contributed by atoms with Crippen LogP contribution in [-0.4, -0.2) is 35.5 Å². The SMILES string of the molecule is Cc1cc(OCCCN2CCCCC2)ccc1-c1cc2ccccn2c1C. The van der Waals surface area contributed by atoms with Crippen LogP contribution < -0.4 is 4.74 Å². The van der Waals surface area contributed by atoms with Crippen LogP contribution in [-0.2, 0) is 0 Å². The Bertz CT molecular complexity index is 906. The number of nitrogens with zero attached hydrogens (tertiary/aromatic N) is 2. The fraction of sp³-hybridized carbons (Fsp3) is 0.417. The number of ether oxygens (including phenoxy) is 1. The maximum absolute atomic E-state index is 6.03. The molecular weight excluding hydrogens is 332 g/mol. The summed E-state index contributed by atoms with van der Waals surface area (Å²) in [4.78, 5) is 2.57. The molecule has 0 atom stereocenters. The Hall–Kier alpha value is -2.26. The Morgan fingerprint density at radius 2 is 1.78 bits per heavy atom. The van der Waals surface area contributed by atoms with Gasteiger partial charge >= 0.3 is 0 Å². The van der Waals surface area contributed by atoms with Gasteiger partial charge in [-0.3, -0.25) is 0 Å². The molecule has 0 spiro atoms. The first-order valence-corrected chi connectivity index (χ1v) is 10.3. The van der Waals surface area contributed by atoms with Gasteiger partial charge in [-0.1, -0.05) is 18.6 Å². The fourth-order valence-electron chi connectivity index (χ4n) is 4.22. The minimum Gasteiger partial charge on any atom is -0.494 e. The van der Waals surface area contributed by atoms with Gasteiger partial charge in [0.25, 0.3) is 0 Å². The van der Waals surface area contributed by atoms with Crippen molar-refractivity contribution in [2.75, 3.05) is 26.2 Å². The highest BCUT2D eigenvalue weighted by Crippen LogP contribution is 2.31. The Morgan fingerprint density at radius 3 is 2.56 bits per heavy atom. The lowest BCUT2D eigenvalue weighted by Crippen LogP contribution is -2.31. The number of likely N-dealkylation sites (tertiary alicyclic amines) is 1. The predicted octanol–water partition coefficient (Wildman–Crippen LogP) is 5.48. The summed E-state index contributed by atoms with van der Waals surface area (Å²) in [6.45, 7) is 8.85. The molecule has 0 unspecified atom stereocenters. The summed E-state index contributed by atoms with van der Waals surface area (Å²) in [5.74, 6) is 0.983. The molecule has 0 bridgehead atoms. The van der Waals surface area contributed by atoms with Crippen LogP contribution in [0.4, 0.5) is 0 Å². The van der Waals surface area contributed by atoms with Crippen LogP contribution in [0, 0.1) is 13.8 Å². The van der Waals surface area contributed by atoms with E-state index >= 15 is 0 Å². The van der Waals surface area contributed by atoms with Gasteiger partial charge in [-0.15, -0.1) is 0 Å². The molecule has 0 amide bonds. The average Bonchev–Trinajstić information content (AvgIpc) is 3.03. The van der Waals surface area contributed by atoms with Crippen molar-refractivity contribution in [3.63, 3.8) is 0 Å². The van der Waals surface area contributed by atoms with E-state index < -0.39 is 0 Å². The number of pyridine rings is 1. The molecule has 0 N–H and O–H groups in total. The van der Waals surface area contributed by atoms with Gasteiger partial charge in [-0.25, -0.2) is 0 Å². The molecule has 1 aromatic carbocycles. The number of piperidine rings is 1. The number of aromatic nitrogens is 1. The van der Waals surface area contributed by atoms with Crippen molar-refractivity contribution in [1.82, 2.24) is 9.30 Å². The van der Waals surface area contributed by atoms with Crippen molar-refractivity contribution in [3.8, 4) is 16.9 Å². The third-order valence-corrected chi connectivity index (χ3v) is 5.76. The van der Waals surface area contributed by atoms with Gasteiger partial charge < -0.3 is 14.0 Å². The summed E-state index contributed by atoms with van der Waals surface area (Å²) in [6, 6.07) is 15.1. The molecule has 3 nitrogen and oxygen atoms in total. The molecule has 0 saturated carbocycles. The molecule has 4 rings (SSSR count). The molecule has 27 heavy (non-hydrogen) atoms. The Kier molecular flexibility index (Phi) is 5.49. The fourth-order valence-corrected chi connectivity index (χ4v) is 4.22. The monoisotopic (exact) mass is 362 g/mol. The molecule has 3 heteroatoms. The van der Waals surface area contributed by atoms with E-state index in [0.717, 1.165) is 25.3 Å². The first-order valence-electron chi connectivity index (χ1n) is 10.3. The molecule has 1 aliphatic heterocycles. The van der Waals surface area contributed by atoms with Crippen LogP contribution in [0.1, 0.15) is 36.9 Å². The lowest BCUT2D eigenvalue weighted by atomic mass is 10.0.